The number of rotatable bonds is 0. The van der Waals surface area contributed by atoms with Crippen LogP contribution in [0.1, 0.15) is 19.3 Å². The fourth-order valence-electron chi connectivity index (χ4n) is 1.84. The number of aliphatic hydroxyl groups excluding tert-OH is 2. The molecule has 1 aliphatic carbocycles. The quantitative estimate of drug-likeness (QED) is 0.497. The van der Waals surface area contributed by atoms with Gasteiger partial charge in [-0.05, 0) is 19.3 Å². The Bertz CT molecular complexity index is 135. The van der Waals surface area contributed by atoms with Gasteiger partial charge in [-0.25, -0.2) is 0 Å². The van der Waals surface area contributed by atoms with Crippen molar-refractivity contribution in [3.8, 4) is 0 Å². The topological polar surface area (TPSA) is 49.7 Å². The summed E-state index contributed by atoms with van der Waals surface area (Å²) in [6.45, 7) is 0. The summed E-state index contributed by atoms with van der Waals surface area (Å²) in [7, 11) is 0. The minimum absolute atomic E-state index is 0.0891. The largest absolute Gasteiger partial charge is 0.390 e. The van der Waals surface area contributed by atoms with E-state index in [0.29, 0.717) is 0 Å². The average Bonchev–Trinajstić information content (AvgIpc) is 2.21. The van der Waals surface area contributed by atoms with E-state index < -0.39 is 6.29 Å². The fraction of sp³-hybridized carbons (Fsp3) is 1.00. The van der Waals surface area contributed by atoms with E-state index in [-0.39, 0.29) is 18.1 Å². The van der Waals surface area contributed by atoms with Crippen LogP contribution < -0.4 is 0 Å². The smallest absolute Gasteiger partial charge is 0.157 e. The van der Waals surface area contributed by atoms with Crippen molar-refractivity contribution in [2.75, 3.05) is 0 Å². The standard InChI is InChI=1S/C7H12O3/c8-5-2-1-4-3-6(5)10-7(4)9/h4-9H,1-3H2. The van der Waals surface area contributed by atoms with Gasteiger partial charge >= 0.3 is 0 Å². The van der Waals surface area contributed by atoms with Gasteiger partial charge in [-0.2, -0.15) is 0 Å². The van der Waals surface area contributed by atoms with Crippen molar-refractivity contribution in [3.63, 3.8) is 0 Å². The molecule has 1 aliphatic heterocycles. The lowest BCUT2D eigenvalue weighted by Crippen LogP contribution is -2.28. The maximum atomic E-state index is 9.28. The number of aliphatic hydroxyl groups is 2. The zero-order valence-electron chi connectivity index (χ0n) is 5.73. The Hall–Kier alpha value is -0.120. The van der Waals surface area contributed by atoms with Gasteiger partial charge in [-0.15, -0.1) is 0 Å². The molecule has 0 spiro atoms. The lowest BCUT2D eigenvalue weighted by Gasteiger charge is -2.21. The van der Waals surface area contributed by atoms with Crippen molar-refractivity contribution in [3.05, 3.63) is 0 Å². The van der Waals surface area contributed by atoms with E-state index in [4.69, 9.17) is 4.74 Å². The number of fused-ring (bicyclic) bond motifs is 2. The SMILES string of the molecule is OC1CCC2CC1OC2O. The van der Waals surface area contributed by atoms with Crippen LogP contribution >= 0.6 is 0 Å². The molecule has 1 saturated carbocycles. The molecule has 2 bridgehead atoms. The summed E-state index contributed by atoms with van der Waals surface area (Å²) >= 11 is 0. The molecule has 0 radical (unpaired) electrons. The molecule has 2 aliphatic rings. The van der Waals surface area contributed by atoms with Gasteiger partial charge in [0.1, 0.15) is 0 Å². The Balaban J connectivity index is 2.08. The second-order valence-corrected chi connectivity index (χ2v) is 3.21. The van der Waals surface area contributed by atoms with Gasteiger partial charge in [0, 0.05) is 5.92 Å². The lowest BCUT2D eigenvalue weighted by molar-refractivity contribution is -0.120. The van der Waals surface area contributed by atoms with Crippen LogP contribution in [0.5, 0.6) is 0 Å². The van der Waals surface area contributed by atoms with Crippen LogP contribution in [0.3, 0.4) is 0 Å². The van der Waals surface area contributed by atoms with Gasteiger partial charge in [-0.1, -0.05) is 0 Å². The highest BCUT2D eigenvalue weighted by Crippen LogP contribution is 2.36. The van der Waals surface area contributed by atoms with Crippen molar-refractivity contribution in [2.24, 2.45) is 5.92 Å². The van der Waals surface area contributed by atoms with Crippen LogP contribution in [0.15, 0.2) is 0 Å². The Morgan fingerprint density at radius 1 is 1.20 bits per heavy atom. The third kappa shape index (κ3) is 0.856. The molecule has 3 heteroatoms. The molecule has 3 nitrogen and oxygen atoms in total. The zero-order chi connectivity index (χ0) is 7.14. The Morgan fingerprint density at radius 3 is 2.70 bits per heavy atom. The van der Waals surface area contributed by atoms with Gasteiger partial charge in [0.2, 0.25) is 0 Å². The summed E-state index contributed by atoms with van der Waals surface area (Å²) in [5, 5.41) is 18.5. The van der Waals surface area contributed by atoms with Gasteiger partial charge in [-0.3, -0.25) is 0 Å². The minimum Gasteiger partial charge on any atom is -0.390 e. The summed E-state index contributed by atoms with van der Waals surface area (Å²) in [6, 6.07) is 0. The monoisotopic (exact) mass is 144 g/mol. The van der Waals surface area contributed by atoms with Gasteiger partial charge in [0.15, 0.2) is 6.29 Å². The zero-order valence-corrected chi connectivity index (χ0v) is 5.73. The molecule has 0 aromatic rings. The van der Waals surface area contributed by atoms with Crippen molar-refractivity contribution >= 4 is 0 Å². The van der Waals surface area contributed by atoms with Crippen LogP contribution in [0.2, 0.25) is 0 Å². The van der Waals surface area contributed by atoms with E-state index in [1.54, 1.807) is 0 Å². The number of hydrogen-bond donors (Lipinski definition) is 2. The van der Waals surface area contributed by atoms with E-state index in [9.17, 15) is 10.2 Å². The first kappa shape index (κ1) is 6.58. The van der Waals surface area contributed by atoms with Gasteiger partial charge in [0.05, 0.1) is 12.2 Å². The second-order valence-electron chi connectivity index (χ2n) is 3.21. The van der Waals surface area contributed by atoms with Crippen LogP contribution in [-0.4, -0.2) is 28.7 Å². The maximum Gasteiger partial charge on any atom is 0.157 e. The van der Waals surface area contributed by atoms with Crippen molar-refractivity contribution < 1.29 is 14.9 Å². The summed E-state index contributed by atoms with van der Waals surface area (Å²) in [4.78, 5) is 0. The van der Waals surface area contributed by atoms with Gasteiger partial charge in [0.25, 0.3) is 0 Å². The summed E-state index contributed by atoms with van der Waals surface area (Å²) in [5.41, 5.74) is 0. The summed E-state index contributed by atoms with van der Waals surface area (Å²) in [5.74, 6) is 0.286. The van der Waals surface area contributed by atoms with Crippen LogP contribution in [0.25, 0.3) is 0 Å². The molecule has 10 heavy (non-hydrogen) atoms. The molecule has 4 unspecified atom stereocenters. The minimum atomic E-state index is -0.609. The third-order valence-corrected chi connectivity index (χ3v) is 2.51. The molecule has 2 N–H and O–H groups in total. The summed E-state index contributed by atoms with van der Waals surface area (Å²) < 4.78 is 5.10. The highest BCUT2D eigenvalue weighted by atomic mass is 16.6. The fourth-order valence-corrected chi connectivity index (χ4v) is 1.84. The van der Waals surface area contributed by atoms with Crippen molar-refractivity contribution in [2.45, 2.75) is 37.8 Å². The predicted molar refractivity (Wildman–Crippen MR) is 34.2 cm³/mol. The highest BCUT2D eigenvalue weighted by molar-refractivity contribution is 4.87. The molecule has 0 aromatic carbocycles. The second kappa shape index (κ2) is 2.19. The highest BCUT2D eigenvalue weighted by Gasteiger charge is 2.41. The molecule has 2 fully saturated rings. The van der Waals surface area contributed by atoms with Crippen LogP contribution in [0.4, 0.5) is 0 Å². The van der Waals surface area contributed by atoms with E-state index in [0.717, 1.165) is 19.3 Å². The molecule has 1 saturated heterocycles. The van der Waals surface area contributed by atoms with E-state index in [2.05, 4.69) is 0 Å². The normalized spacial score (nSPS) is 53.4. The maximum absolute atomic E-state index is 9.28. The van der Waals surface area contributed by atoms with Crippen molar-refractivity contribution in [1.29, 1.82) is 0 Å². The van der Waals surface area contributed by atoms with E-state index in [1.807, 2.05) is 0 Å². The first-order chi connectivity index (χ1) is 4.77. The van der Waals surface area contributed by atoms with Gasteiger partial charge < -0.3 is 14.9 Å². The average molecular weight is 144 g/mol. The van der Waals surface area contributed by atoms with E-state index >= 15 is 0 Å². The molecule has 0 amide bonds. The molecule has 1 heterocycles. The molecular weight excluding hydrogens is 132 g/mol. The Labute approximate surface area is 59.6 Å². The third-order valence-electron chi connectivity index (χ3n) is 2.51. The van der Waals surface area contributed by atoms with E-state index in [1.165, 1.54) is 0 Å². The van der Waals surface area contributed by atoms with Crippen molar-refractivity contribution in [1.82, 2.24) is 0 Å². The molecule has 58 valence electrons. The molecule has 2 rings (SSSR count). The van der Waals surface area contributed by atoms with Crippen LogP contribution in [-0.2, 0) is 4.74 Å². The Morgan fingerprint density at radius 2 is 2.00 bits per heavy atom. The number of hydrogen-bond acceptors (Lipinski definition) is 3. The van der Waals surface area contributed by atoms with Crippen LogP contribution in [0, 0.1) is 5.92 Å². The molecule has 0 aromatic heterocycles. The Kier molecular flexibility index (Phi) is 1.44. The first-order valence-electron chi connectivity index (χ1n) is 3.79. The molecule has 4 atom stereocenters. The first-order valence-corrected chi connectivity index (χ1v) is 3.79. The lowest BCUT2D eigenvalue weighted by atomic mass is 9.88. The summed E-state index contributed by atoms with van der Waals surface area (Å²) in [6.07, 6.45) is 1.48. The predicted octanol–water partition coefficient (Wildman–Crippen LogP) is -0.135. The molecular formula is C7H12O3. The number of ether oxygens (including phenoxy) is 1.